The monoisotopic (exact) mass is 327 g/mol. The summed E-state index contributed by atoms with van der Waals surface area (Å²) in [6.07, 6.45) is 5.29. The van der Waals surface area contributed by atoms with Crippen LogP contribution in [0.15, 0.2) is 28.7 Å². The van der Waals surface area contributed by atoms with E-state index < -0.39 is 0 Å². The number of likely N-dealkylation sites (N-methyl/N-ethyl adjacent to an activating group) is 1. The van der Waals surface area contributed by atoms with Gasteiger partial charge in [-0.05, 0) is 44.2 Å². The van der Waals surface area contributed by atoms with E-state index in [1.807, 2.05) is 31.3 Å². The Morgan fingerprint density at radius 1 is 1.16 bits per heavy atom. The van der Waals surface area contributed by atoms with Gasteiger partial charge in [-0.2, -0.15) is 0 Å². The van der Waals surface area contributed by atoms with Crippen LogP contribution in [0.25, 0.3) is 0 Å². The molecule has 0 saturated heterocycles. The first-order chi connectivity index (χ1) is 9.29. The van der Waals surface area contributed by atoms with Crippen LogP contribution in [-0.4, -0.2) is 32.4 Å². The number of benzene rings is 1. The second-order valence-corrected chi connectivity index (χ2v) is 5.81. The minimum absolute atomic E-state index is 0.340. The van der Waals surface area contributed by atoms with Gasteiger partial charge in [0.25, 0.3) is 0 Å². The summed E-state index contributed by atoms with van der Waals surface area (Å²) in [7, 11) is 2.02. The molecule has 0 heterocycles. The molecule has 2 atom stereocenters. The summed E-state index contributed by atoms with van der Waals surface area (Å²) in [6, 6.07) is 8.38. The van der Waals surface area contributed by atoms with Gasteiger partial charge in [-0.3, -0.25) is 0 Å². The van der Waals surface area contributed by atoms with Crippen molar-refractivity contribution in [3.05, 3.63) is 28.7 Å². The Balaban J connectivity index is 1.67. The third-order valence-corrected chi connectivity index (χ3v) is 4.10. The zero-order valence-electron chi connectivity index (χ0n) is 11.4. The fourth-order valence-corrected chi connectivity index (χ4v) is 2.78. The maximum absolute atomic E-state index is 5.94. The Morgan fingerprint density at radius 3 is 2.63 bits per heavy atom. The van der Waals surface area contributed by atoms with E-state index in [4.69, 9.17) is 9.47 Å². The SMILES string of the molecule is CNC1CCCCC1OCCOc1ccc(Br)cc1. The molecule has 4 heteroatoms. The van der Waals surface area contributed by atoms with Gasteiger partial charge in [0.1, 0.15) is 12.4 Å². The molecule has 1 saturated carbocycles. The van der Waals surface area contributed by atoms with Crippen LogP contribution in [0.5, 0.6) is 5.75 Å². The number of halogens is 1. The molecule has 1 aromatic carbocycles. The number of hydrogen-bond donors (Lipinski definition) is 1. The first-order valence-corrected chi connectivity index (χ1v) is 7.76. The second-order valence-electron chi connectivity index (χ2n) is 4.89. The molecule has 2 rings (SSSR count). The van der Waals surface area contributed by atoms with Crippen LogP contribution < -0.4 is 10.1 Å². The van der Waals surface area contributed by atoms with E-state index in [0.29, 0.717) is 25.4 Å². The van der Waals surface area contributed by atoms with Crippen LogP contribution in [0.3, 0.4) is 0 Å². The maximum atomic E-state index is 5.94. The molecule has 0 amide bonds. The maximum Gasteiger partial charge on any atom is 0.119 e. The largest absolute Gasteiger partial charge is 0.491 e. The van der Waals surface area contributed by atoms with Gasteiger partial charge in [-0.1, -0.05) is 28.8 Å². The van der Waals surface area contributed by atoms with Crippen LogP contribution in [0.4, 0.5) is 0 Å². The van der Waals surface area contributed by atoms with Crippen molar-refractivity contribution in [2.24, 2.45) is 0 Å². The topological polar surface area (TPSA) is 30.5 Å². The fraction of sp³-hybridized carbons (Fsp3) is 0.600. The van der Waals surface area contributed by atoms with Gasteiger partial charge in [-0.25, -0.2) is 0 Å². The van der Waals surface area contributed by atoms with Gasteiger partial charge < -0.3 is 14.8 Å². The molecule has 1 aromatic rings. The Morgan fingerprint density at radius 2 is 1.89 bits per heavy atom. The molecular formula is C15H22BrNO2. The molecule has 1 N–H and O–H groups in total. The summed E-state index contributed by atoms with van der Waals surface area (Å²) in [5.74, 6) is 0.889. The van der Waals surface area contributed by atoms with E-state index in [-0.39, 0.29) is 0 Å². The highest BCUT2D eigenvalue weighted by Gasteiger charge is 2.23. The van der Waals surface area contributed by atoms with Gasteiger partial charge in [0.2, 0.25) is 0 Å². The molecule has 2 unspecified atom stereocenters. The summed E-state index contributed by atoms with van der Waals surface area (Å²) in [6.45, 7) is 1.26. The summed E-state index contributed by atoms with van der Waals surface area (Å²) in [5, 5.41) is 3.35. The number of ether oxygens (including phenoxy) is 2. The van der Waals surface area contributed by atoms with Crippen LogP contribution in [0.1, 0.15) is 25.7 Å². The highest BCUT2D eigenvalue weighted by atomic mass is 79.9. The van der Waals surface area contributed by atoms with Crippen molar-refractivity contribution >= 4 is 15.9 Å². The molecule has 1 aliphatic rings. The molecule has 0 spiro atoms. The van der Waals surface area contributed by atoms with Crippen molar-refractivity contribution in [3.8, 4) is 5.75 Å². The van der Waals surface area contributed by atoms with E-state index in [0.717, 1.165) is 16.6 Å². The summed E-state index contributed by atoms with van der Waals surface area (Å²) >= 11 is 3.41. The molecule has 0 aliphatic heterocycles. The quantitative estimate of drug-likeness (QED) is 0.812. The van der Waals surface area contributed by atoms with E-state index >= 15 is 0 Å². The lowest BCUT2D eigenvalue weighted by atomic mass is 9.92. The van der Waals surface area contributed by atoms with Gasteiger partial charge >= 0.3 is 0 Å². The van der Waals surface area contributed by atoms with Gasteiger partial charge in [0.15, 0.2) is 0 Å². The molecule has 1 aliphatic carbocycles. The highest BCUT2D eigenvalue weighted by molar-refractivity contribution is 9.10. The van der Waals surface area contributed by atoms with Crippen LogP contribution >= 0.6 is 15.9 Å². The standard InChI is InChI=1S/C15H22BrNO2/c1-17-14-4-2-3-5-15(14)19-11-10-18-13-8-6-12(16)7-9-13/h6-9,14-15,17H,2-5,10-11H2,1H3. The van der Waals surface area contributed by atoms with Gasteiger partial charge in [-0.15, -0.1) is 0 Å². The molecule has 0 aromatic heterocycles. The highest BCUT2D eigenvalue weighted by Crippen LogP contribution is 2.21. The lowest BCUT2D eigenvalue weighted by Gasteiger charge is -2.31. The minimum Gasteiger partial charge on any atom is -0.491 e. The summed E-state index contributed by atoms with van der Waals surface area (Å²) < 4.78 is 12.7. The summed E-state index contributed by atoms with van der Waals surface area (Å²) in [5.41, 5.74) is 0. The van der Waals surface area contributed by atoms with Gasteiger partial charge in [0.05, 0.1) is 12.7 Å². The van der Waals surface area contributed by atoms with E-state index in [9.17, 15) is 0 Å². The number of hydrogen-bond acceptors (Lipinski definition) is 3. The molecule has 106 valence electrons. The molecule has 1 fully saturated rings. The van der Waals surface area contributed by atoms with Crippen LogP contribution in [0.2, 0.25) is 0 Å². The zero-order valence-corrected chi connectivity index (χ0v) is 13.0. The van der Waals surface area contributed by atoms with E-state index in [2.05, 4.69) is 21.2 Å². The predicted molar refractivity (Wildman–Crippen MR) is 80.7 cm³/mol. The molecule has 19 heavy (non-hydrogen) atoms. The van der Waals surface area contributed by atoms with Crippen molar-refractivity contribution < 1.29 is 9.47 Å². The first-order valence-electron chi connectivity index (χ1n) is 6.97. The summed E-state index contributed by atoms with van der Waals surface area (Å²) in [4.78, 5) is 0. The molecule has 3 nitrogen and oxygen atoms in total. The number of nitrogens with one attached hydrogen (secondary N) is 1. The van der Waals surface area contributed by atoms with Crippen molar-refractivity contribution in [1.29, 1.82) is 0 Å². The van der Waals surface area contributed by atoms with Crippen molar-refractivity contribution in [2.75, 3.05) is 20.3 Å². The average Bonchev–Trinajstić information content (AvgIpc) is 2.46. The van der Waals surface area contributed by atoms with E-state index in [1.165, 1.54) is 19.3 Å². The van der Waals surface area contributed by atoms with Crippen molar-refractivity contribution in [2.45, 2.75) is 37.8 Å². The molecule has 0 bridgehead atoms. The Hall–Kier alpha value is -0.580. The van der Waals surface area contributed by atoms with Crippen LogP contribution in [0, 0.1) is 0 Å². The second kappa shape index (κ2) is 7.88. The van der Waals surface area contributed by atoms with Crippen LogP contribution in [-0.2, 0) is 4.74 Å². The lowest BCUT2D eigenvalue weighted by Crippen LogP contribution is -2.42. The molecule has 0 radical (unpaired) electrons. The third-order valence-electron chi connectivity index (χ3n) is 3.57. The predicted octanol–water partition coefficient (Wildman–Crippen LogP) is 3.38. The van der Waals surface area contributed by atoms with Gasteiger partial charge in [0, 0.05) is 10.5 Å². The lowest BCUT2D eigenvalue weighted by molar-refractivity contribution is -0.00561. The number of rotatable bonds is 6. The minimum atomic E-state index is 0.340. The Kier molecular flexibility index (Phi) is 6.14. The normalized spacial score (nSPS) is 23.3. The van der Waals surface area contributed by atoms with Crippen molar-refractivity contribution in [1.82, 2.24) is 5.32 Å². The zero-order chi connectivity index (χ0) is 13.5. The fourth-order valence-electron chi connectivity index (χ4n) is 2.52. The Bertz CT molecular complexity index is 369. The average molecular weight is 328 g/mol. The third kappa shape index (κ3) is 4.79. The van der Waals surface area contributed by atoms with E-state index in [1.54, 1.807) is 0 Å². The Labute approximate surface area is 123 Å². The van der Waals surface area contributed by atoms with Crippen molar-refractivity contribution in [3.63, 3.8) is 0 Å². The molecular weight excluding hydrogens is 306 g/mol. The smallest absolute Gasteiger partial charge is 0.119 e. The first kappa shape index (κ1) is 14.8.